The van der Waals surface area contributed by atoms with Gasteiger partial charge in [-0.1, -0.05) is 23.2 Å². The Morgan fingerprint density at radius 1 is 1.17 bits per heavy atom. The first-order valence-corrected chi connectivity index (χ1v) is 10.0. The second-order valence-electron chi connectivity index (χ2n) is 6.72. The fourth-order valence-electron chi connectivity index (χ4n) is 2.82. The lowest BCUT2D eigenvalue weighted by molar-refractivity contribution is -0.127. The van der Waals surface area contributed by atoms with E-state index in [1.54, 1.807) is 29.8 Å². The Hall–Kier alpha value is -2.84. The van der Waals surface area contributed by atoms with Crippen molar-refractivity contribution in [3.63, 3.8) is 0 Å². The summed E-state index contributed by atoms with van der Waals surface area (Å²) in [5.41, 5.74) is 1.49. The van der Waals surface area contributed by atoms with Gasteiger partial charge in [-0.25, -0.2) is 9.36 Å². The van der Waals surface area contributed by atoms with Crippen LogP contribution in [0, 0.1) is 13.8 Å². The highest BCUT2D eigenvalue weighted by Gasteiger charge is 2.16. The number of nitrogens with zero attached hydrogens (tertiary/aromatic N) is 4. The Kier molecular flexibility index (Phi) is 6.79. The third-order valence-electron chi connectivity index (χ3n) is 4.27. The first-order chi connectivity index (χ1) is 14.2. The van der Waals surface area contributed by atoms with Crippen LogP contribution in [-0.4, -0.2) is 38.1 Å². The number of carbonyl (C=O) groups excluding carboxylic acids is 1. The fourth-order valence-corrected chi connectivity index (χ4v) is 3.27. The second kappa shape index (κ2) is 9.32. The molecule has 0 spiro atoms. The summed E-state index contributed by atoms with van der Waals surface area (Å²) in [5.74, 6) is 0.545. The molecule has 1 aromatic carbocycles. The van der Waals surface area contributed by atoms with E-state index in [1.165, 1.54) is 16.8 Å². The summed E-state index contributed by atoms with van der Waals surface area (Å²) >= 11 is 11.9. The van der Waals surface area contributed by atoms with Gasteiger partial charge in [0, 0.05) is 23.3 Å². The van der Waals surface area contributed by atoms with Gasteiger partial charge in [-0.2, -0.15) is 5.10 Å². The van der Waals surface area contributed by atoms with Gasteiger partial charge in [0.2, 0.25) is 0 Å². The van der Waals surface area contributed by atoms with Gasteiger partial charge < -0.3 is 10.1 Å². The average molecular weight is 450 g/mol. The first kappa shape index (κ1) is 21.9. The lowest BCUT2D eigenvalue weighted by Gasteiger charge is -2.16. The van der Waals surface area contributed by atoms with Crippen molar-refractivity contribution in [3.8, 4) is 11.6 Å². The highest BCUT2D eigenvalue weighted by molar-refractivity contribution is 6.35. The maximum absolute atomic E-state index is 12.3. The third kappa shape index (κ3) is 5.20. The predicted octanol–water partition coefficient (Wildman–Crippen LogP) is 2.94. The van der Waals surface area contributed by atoms with Crippen molar-refractivity contribution >= 4 is 29.1 Å². The Morgan fingerprint density at radius 2 is 1.93 bits per heavy atom. The topological polar surface area (TPSA) is 91.0 Å². The minimum absolute atomic E-state index is 0.201. The molecule has 0 aliphatic carbocycles. The molecule has 0 aliphatic heterocycles. The van der Waals surface area contributed by atoms with Gasteiger partial charge in [0.1, 0.15) is 5.75 Å². The highest BCUT2D eigenvalue weighted by atomic mass is 35.5. The average Bonchev–Trinajstić information content (AvgIpc) is 3.03. The van der Waals surface area contributed by atoms with Gasteiger partial charge >= 0.3 is 0 Å². The number of nitrogens with one attached hydrogen (secondary N) is 1. The van der Waals surface area contributed by atoms with Crippen molar-refractivity contribution in [1.29, 1.82) is 0 Å². The molecule has 30 heavy (non-hydrogen) atoms. The maximum atomic E-state index is 12.3. The van der Waals surface area contributed by atoms with E-state index in [9.17, 15) is 9.59 Å². The van der Waals surface area contributed by atoms with Crippen LogP contribution in [0.5, 0.6) is 5.75 Å². The smallest absolute Gasteiger partial charge is 0.266 e. The molecule has 0 saturated carbocycles. The number of aryl methyl sites for hydroxylation is 2. The molecule has 1 amide bonds. The minimum Gasteiger partial charge on any atom is -0.479 e. The maximum Gasteiger partial charge on any atom is 0.266 e. The summed E-state index contributed by atoms with van der Waals surface area (Å²) in [6.45, 7) is 5.80. The van der Waals surface area contributed by atoms with Crippen LogP contribution < -0.4 is 15.6 Å². The number of hydrogen-bond donors (Lipinski definition) is 1. The van der Waals surface area contributed by atoms with Crippen molar-refractivity contribution in [2.75, 3.05) is 6.54 Å². The van der Waals surface area contributed by atoms with Crippen molar-refractivity contribution in [1.82, 2.24) is 24.9 Å². The van der Waals surface area contributed by atoms with E-state index in [2.05, 4.69) is 15.5 Å². The van der Waals surface area contributed by atoms with E-state index in [0.29, 0.717) is 21.6 Å². The summed E-state index contributed by atoms with van der Waals surface area (Å²) in [6.07, 6.45) is -0.783. The van der Waals surface area contributed by atoms with Gasteiger partial charge in [-0.15, -0.1) is 5.10 Å². The Balaban J connectivity index is 1.60. The van der Waals surface area contributed by atoms with Gasteiger partial charge in [0.15, 0.2) is 11.9 Å². The van der Waals surface area contributed by atoms with Crippen molar-refractivity contribution in [3.05, 3.63) is 68.2 Å². The Bertz CT molecular complexity index is 1130. The van der Waals surface area contributed by atoms with Crippen LogP contribution in [-0.2, 0) is 11.3 Å². The molecule has 0 bridgehead atoms. The number of carbonyl (C=O) groups is 1. The second-order valence-corrected chi connectivity index (χ2v) is 7.56. The number of halogens is 2. The normalized spacial score (nSPS) is 11.9. The number of aromatic nitrogens is 4. The van der Waals surface area contributed by atoms with E-state index in [0.717, 1.165) is 11.4 Å². The molecular weight excluding hydrogens is 429 g/mol. The van der Waals surface area contributed by atoms with Crippen molar-refractivity contribution < 1.29 is 9.53 Å². The fraction of sp³-hybridized carbons (Fsp3) is 0.300. The van der Waals surface area contributed by atoms with Crippen LogP contribution in [0.2, 0.25) is 10.0 Å². The molecule has 3 aromatic rings. The lowest BCUT2D eigenvalue weighted by atomic mass is 10.3. The molecule has 1 unspecified atom stereocenters. The van der Waals surface area contributed by atoms with E-state index in [1.807, 2.05) is 19.9 Å². The zero-order valence-corrected chi connectivity index (χ0v) is 18.2. The third-order valence-corrected chi connectivity index (χ3v) is 4.80. The molecule has 8 nitrogen and oxygen atoms in total. The predicted molar refractivity (Wildman–Crippen MR) is 115 cm³/mol. The number of ether oxygens (including phenoxy) is 1. The summed E-state index contributed by atoms with van der Waals surface area (Å²) < 4.78 is 8.53. The van der Waals surface area contributed by atoms with E-state index >= 15 is 0 Å². The number of hydrogen-bond acceptors (Lipinski definition) is 5. The number of rotatable bonds is 7. The summed E-state index contributed by atoms with van der Waals surface area (Å²) in [7, 11) is 0. The number of amides is 1. The molecule has 0 aliphatic rings. The Morgan fingerprint density at radius 3 is 2.60 bits per heavy atom. The SMILES string of the molecule is Cc1cc(C)n(-c2ccc(=O)n(CCNC(=O)C(C)Oc3ccc(Cl)cc3Cl)n2)n1. The van der Waals surface area contributed by atoms with Crippen LogP contribution in [0.15, 0.2) is 41.2 Å². The molecule has 10 heteroatoms. The first-order valence-electron chi connectivity index (χ1n) is 9.26. The van der Waals surface area contributed by atoms with E-state index in [-0.39, 0.29) is 24.6 Å². The zero-order valence-electron chi connectivity index (χ0n) is 16.7. The summed E-state index contributed by atoms with van der Waals surface area (Å²) in [4.78, 5) is 24.4. The van der Waals surface area contributed by atoms with E-state index in [4.69, 9.17) is 27.9 Å². The van der Waals surface area contributed by atoms with Crippen LogP contribution >= 0.6 is 23.2 Å². The van der Waals surface area contributed by atoms with Crippen LogP contribution in [0.4, 0.5) is 0 Å². The standard InChI is InChI=1S/C20H21Cl2N5O3/c1-12-10-13(2)27(24-12)18-6-7-19(28)26(25-18)9-8-23-20(29)14(3)30-17-5-4-15(21)11-16(17)22/h4-7,10-11,14H,8-9H2,1-3H3,(H,23,29). The molecule has 0 saturated heterocycles. The molecule has 2 aromatic heterocycles. The molecule has 0 radical (unpaired) electrons. The summed E-state index contributed by atoms with van der Waals surface area (Å²) in [6, 6.07) is 9.73. The molecule has 158 valence electrons. The molecule has 3 rings (SSSR count). The van der Waals surface area contributed by atoms with Gasteiger partial charge in [-0.05, 0) is 51.1 Å². The molecule has 2 heterocycles. The van der Waals surface area contributed by atoms with Gasteiger partial charge in [-0.3, -0.25) is 9.59 Å². The van der Waals surface area contributed by atoms with Crippen molar-refractivity contribution in [2.24, 2.45) is 0 Å². The number of benzene rings is 1. The summed E-state index contributed by atoms with van der Waals surface area (Å²) in [5, 5.41) is 12.2. The molecule has 1 N–H and O–H groups in total. The van der Waals surface area contributed by atoms with Crippen molar-refractivity contribution in [2.45, 2.75) is 33.4 Å². The Labute approximate surface area is 183 Å². The van der Waals surface area contributed by atoms with Gasteiger partial charge in [0.25, 0.3) is 11.5 Å². The lowest BCUT2D eigenvalue weighted by Crippen LogP contribution is -2.39. The largest absolute Gasteiger partial charge is 0.479 e. The molecule has 1 atom stereocenters. The van der Waals surface area contributed by atoms with Crippen LogP contribution in [0.1, 0.15) is 18.3 Å². The van der Waals surface area contributed by atoms with E-state index < -0.39 is 6.10 Å². The molecule has 0 fully saturated rings. The van der Waals surface area contributed by atoms with Gasteiger partial charge in [0.05, 0.1) is 17.3 Å². The zero-order chi connectivity index (χ0) is 21.8. The highest BCUT2D eigenvalue weighted by Crippen LogP contribution is 2.28. The molecular formula is C20H21Cl2N5O3. The van der Waals surface area contributed by atoms with Crippen LogP contribution in [0.25, 0.3) is 5.82 Å². The monoisotopic (exact) mass is 449 g/mol. The van der Waals surface area contributed by atoms with Crippen LogP contribution in [0.3, 0.4) is 0 Å². The quantitative estimate of drug-likeness (QED) is 0.598. The minimum atomic E-state index is -0.783.